The second-order valence-electron chi connectivity index (χ2n) is 7.92. The van der Waals surface area contributed by atoms with Gasteiger partial charge in [0.05, 0.1) is 12.5 Å². The molecule has 2 amide bonds. The van der Waals surface area contributed by atoms with Gasteiger partial charge in [-0.05, 0) is 29.3 Å². The lowest BCUT2D eigenvalue weighted by atomic mass is 10.1. The number of carbonyl (C=O) groups excluding carboxylic acids is 2. The van der Waals surface area contributed by atoms with E-state index in [0.717, 1.165) is 16.8 Å². The van der Waals surface area contributed by atoms with E-state index < -0.39 is 5.92 Å². The fourth-order valence-corrected chi connectivity index (χ4v) is 4.11. The number of rotatable bonds is 6. The quantitative estimate of drug-likeness (QED) is 0.646. The van der Waals surface area contributed by atoms with Crippen molar-refractivity contribution in [3.05, 3.63) is 72.1 Å². The second kappa shape index (κ2) is 8.74. The van der Waals surface area contributed by atoms with E-state index in [9.17, 15) is 9.59 Å². The van der Waals surface area contributed by atoms with Crippen LogP contribution in [0.25, 0.3) is 0 Å². The highest BCUT2D eigenvalue weighted by atomic mass is 16.6. The van der Waals surface area contributed by atoms with Gasteiger partial charge < -0.3 is 19.7 Å². The van der Waals surface area contributed by atoms with Crippen molar-refractivity contribution in [3.8, 4) is 11.5 Å². The predicted octanol–water partition coefficient (Wildman–Crippen LogP) is 2.37. The molecular formula is C24H24N4O4. The van der Waals surface area contributed by atoms with Crippen molar-refractivity contribution in [1.29, 1.82) is 0 Å². The molecule has 2 aliphatic rings. The summed E-state index contributed by atoms with van der Waals surface area (Å²) < 4.78 is 13.0. The monoisotopic (exact) mass is 432 g/mol. The fraction of sp³-hybridized carbons (Fsp3) is 0.292. The van der Waals surface area contributed by atoms with Crippen molar-refractivity contribution in [3.63, 3.8) is 0 Å². The van der Waals surface area contributed by atoms with E-state index in [2.05, 4.69) is 10.4 Å². The van der Waals surface area contributed by atoms with Gasteiger partial charge in [0.1, 0.15) is 13.2 Å². The Morgan fingerprint density at radius 3 is 2.69 bits per heavy atom. The number of fused-ring (bicyclic) bond motifs is 1. The number of benzene rings is 2. The van der Waals surface area contributed by atoms with Gasteiger partial charge in [0.2, 0.25) is 11.8 Å². The maximum Gasteiger partial charge on any atom is 0.227 e. The zero-order valence-electron chi connectivity index (χ0n) is 17.6. The van der Waals surface area contributed by atoms with E-state index in [1.165, 1.54) is 0 Å². The van der Waals surface area contributed by atoms with Crippen LogP contribution >= 0.6 is 0 Å². The largest absolute Gasteiger partial charge is 0.486 e. The Morgan fingerprint density at radius 2 is 1.88 bits per heavy atom. The number of ether oxygens (including phenoxy) is 2. The van der Waals surface area contributed by atoms with E-state index in [1.54, 1.807) is 23.2 Å². The van der Waals surface area contributed by atoms with Crippen LogP contribution in [-0.2, 0) is 22.7 Å². The Hall–Kier alpha value is -3.81. The SMILES string of the molecule is O=C(NCc1ccccc1Cn1cccn1)C1CC(=O)N(c2ccc3c(c2)OCCO3)C1. The number of hydrogen-bond donors (Lipinski definition) is 1. The van der Waals surface area contributed by atoms with Crippen molar-refractivity contribution >= 4 is 17.5 Å². The Bertz CT molecular complexity index is 1130. The molecule has 2 aliphatic heterocycles. The summed E-state index contributed by atoms with van der Waals surface area (Å²) in [5.41, 5.74) is 2.85. The van der Waals surface area contributed by atoms with Crippen LogP contribution in [0.15, 0.2) is 60.9 Å². The van der Waals surface area contributed by atoms with Crippen molar-refractivity contribution in [2.45, 2.75) is 19.5 Å². The third kappa shape index (κ3) is 4.16. The van der Waals surface area contributed by atoms with Gasteiger partial charge in [-0.1, -0.05) is 24.3 Å². The Kier molecular flexibility index (Phi) is 5.49. The molecule has 0 saturated carbocycles. The maximum atomic E-state index is 12.8. The van der Waals surface area contributed by atoms with E-state index in [0.29, 0.717) is 44.3 Å². The van der Waals surface area contributed by atoms with Crippen molar-refractivity contribution in [1.82, 2.24) is 15.1 Å². The molecule has 1 fully saturated rings. The number of carbonyl (C=O) groups is 2. The van der Waals surface area contributed by atoms with Crippen LogP contribution in [0.4, 0.5) is 5.69 Å². The number of hydrogen-bond acceptors (Lipinski definition) is 5. The van der Waals surface area contributed by atoms with Gasteiger partial charge in [-0.25, -0.2) is 0 Å². The van der Waals surface area contributed by atoms with Crippen LogP contribution in [0.5, 0.6) is 11.5 Å². The van der Waals surface area contributed by atoms with Crippen LogP contribution in [-0.4, -0.2) is 41.4 Å². The molecule has 1 atom stereocenters. The van der Waals surface area contributed by atoms with Crippen LogP contribution < -0.4 is 19.7 Å². The minimum Gasteiger partial charge on any atom is -0.486 e. The van der Waals surface area contributed by atoms with Gasteiger partial charge in [0.15, 0.2) is 11.5 Å². The number of amides is 2. The van der Waals surface area contributed by atoms with Gasteiger partial charge in [0, 0.05) is 43.7 Å². The Labute approximate surface area is 185 Å². The molecule has 5 rings (SSSR count). The van der Waals surface area contributed by atoms with Crippen LogP contribution in [0.3, 0.4) is 0 Å². The third-order valence-electron chi connectivity index (χ3n) is 5.80. The molecule has 8 heteroatoms. The first kappa shape index (κ1) is 20.1. The molecule has 1 aromatic heterocycles. The molecule has 0 bridgehead atoms. The van der Waals surface area contributed by atoms with Gasteiger partial charge in [-0.2, -0.15) is 5.10 Å². The number of aromatic nitrogens is 2. The number of nitrogens with zero attached hydrogens (tertiary/aromatic N) is 3. The molecule has 0 spiro atoms. The molecule has 0 aliphatic carbocycles. The first-order valence-corrected chi connectivity index (χ1v) is 10.7. The predicted molar refractivity (Wildman–Crippen MR) is 118 cm³/mol. The average molecular weight is 432 g/mol. The summed E-state index contributed by atoms with van der Waals surface area (Å²) in [6, 6.07) is 15.3. The van der Waals surface area contributed by atoms with Gasteiger partial charge in [-0.15, -0.1) is 0 Å². The van der Waals surface area contributed by atoms with Crippen molar-refractivity contribution < 1.29 is 19.1 Å². The average Bonchev–Trinajstić information content (AvgIpc) is 3.47. The molecule has 1 unspecified atom stereocenters. The third-order valence-corrected chi connectivity index (χ3v) is 5.80. The summed E-state index contributed by atoms with van der Waals surface area (Å²) in [5, 5.41) is 7.26. The summed E-state index contributed by atoms with van der Waals surface area (Å²) in [6.45, 7) is 2.39. The van der Waals surface area contributed by atoms with Crippen LogP contribution in [0, 0.1) is 5.92 Å². The van der Waals surface area contributed by atoms with Crippen molar-refractivity contribution in [2.75, 3.05) is 24.7 Å². The molecule has 0 radical (unpaired) electrons. The van der Waals surface area contributed by atoms with E-state index >= 15 is 0 Å². The lowest BCUT2D eigenvalue weighted by molar-refractivity contribution is -0.126. The Morgan fingerprint density at radius 1 is 1.06 bits per heavy atom. The lowest BCUT2D eigenvalue weighted by Gasteiger charge is -2.22. The summed E-state index contributed by atoms with van der Waals surface area (Å²) >= 11 is 0. The van der Waals surface area contributed by atoms with Crippen LogP contribution in [0.1, 0.15) is 17.5 Å². The molecule has 1 N–H and O–H groups in total. The molecule has 2 aromatic carbocycles. The minimum absolute atomic E-state index is 0.0686. The van der Waals surface area contributed by atoms with Crippen LogP contribution in [0.2, 0.25) is 0 Å². The highest BCUT2D eigenvalue weighted by Gasteiger charge is 2.35. The molecule has 3 aromatic rings. The molecule has 32 heavy (non-hydrogen) atoms. The highest BCUT2D eigenvalue weighted by Crippen LogP contribution is 2.36. The lowest BCUT2D eigenvalue weighted by Crippen LogP contribution is -2.33. The normalized spacial score (nSPS) is 17.4. The number of nitrogens with one attached hydrogen (secondary N) is 1. The summed E-state index contributed by atoms with van der Waals surface area (Å²) in [4.78, 5) is 27.1. The second-order valence-corrected chi connectivity index (χ2v) is 7.92. The molecule has 1 saturated heterocycles. The highest BCUT2D eigenvalue weighted by molar-refractivity contribution is 6.00. The molecule has 3 heterocycles. The smallest absolute Gasteiger partial charge is 0.227 e. The van der Waals surface area contributed by atoms with Gasteiger partial charge in [-0.3, -0.25) is 14.3 Å². The standard InChI is InChI=1S/C24H24N4O4/c29-23-12-19(16-28(23)20-6-7-21-22(13-20)32-11-10-31-21)24(30)25-14-17-4-1-2-5-18(17)15-27-9-3-8-26-27/h1-9,13,19H,10-12,14-16H2,(H,25,30). The van der Waals surface area contributed by atoms with Gasteiger partial charge >= 0.3 is 0 Å². The summed E-state index contributed by atoms with van der Waals surface area (Å²) in [5.74, 6) is 0.722. The first-order valence-electron chi connectivity index (χ1n) is 10.7. The zero-order chi connectivity index (χ0) is 21.9. The molecule has 164 valence electrons. The zero-order valence-corrected chi connectivity index (χ0v) is 17.6. The summed E-state index contributed by atoms with van der Waals surface area (Å²) in [7, 11) is 0. The molecule has 8 nitrogen and oxygen atoms in total. The topological polar surface area (TPSA) is 85.7 Å². The molecular weight excluding hydrogens is 408 g/mol. The maximum absolute atomic E-state index is 12.8. The van der Waals surface area contributed by atoms with E-state index in [-0.39, 0.29) is 18.2 Å². The first-order chi connectivity index (χ1) is 15.7. The van der Waals surface area contributed by atoms with E-state index in [1.807, 2.05) is 47.3 Å². The number of anilines is 1. The Balaban J connectivity index is 1.22. The van der Waals surface area contributed by atoms with Gasteiger partial charge in [0.25, 0.3) is 0 Å². The fourth-order valence-electron chi connectivity index (χ4n) is 4.11. The minimum atomic E-state index is -0.394. The van der Waals surface area contributed by atoms with E-state index in [4.69, 9.17) is 9.47 Å². The summed E-state index contributed by atoms with van der Waals surface area (Å²) in [6.07, 6.45) is 3.84. The van der Waals surface area contributed by atoms with Crippen molar-refractivity contribution in [2.24, 2.45) is 5.92 Å².